The van der Waals surface area contributed by atoms with Gasteiger partial charge in [-0.3, -0.25) is 24.0 Å². The average Bonchev–Trinajstić information content (AvgIpc) is 3.66. The molecule has 2 aliphatic rings. The van der Waals surface area contributed by atoms with Gasteiger partial charge in [-0.05, 0) is 31.0 Å². The van der Waals surface area contributed by atoms with E-state index in [1.165, 1.54) is 16.9 Å². The van der Waals surface area contributed by atoms with Crippen LogP contribution in [0, 0.1) is 0 Å². The van der Waals surface area contributed by atoms with Crippen LogP contribution in [-0.2, 0) is 41.6 Å². The lowest BCUT2D eigenvalue weighted by atomic mass is 10.0. The van der Waals surface area contributed by atoms with Crippen LogP contribution in [0.15, 0.2) is 60.8 Å². The number of methoxy groups -OCH3 is 1. The van der Waals surface area contributed by atoms with E-state index in [0.717, 1.165) is 22.0 Å². The van der Waals surface area contributed by atoms with Crippen molar-refractivity contribution in [3.63, 3.8) is 0 Å². The van der Waals surface area contributed by atoms with Gasteiger partial charge >= 0.3 is 0 Å². The first-order chi connectivity index (χ1) is 22.5. The third-order valence-electron chi connectivity index (χ3n) is 8.84. The first-order valence-corrected chi connectivity index (χ1v) is 15.8. The number of amides is 5. The van der Waals surface area contributed by atoms with Crippen LogP contribution in [0.4, 0.5) is 0 Å². The Kier molecular flexibility index (Phi) is 10.3. The van der Waals surface area contributed by atoms with Gasteiger partial charge in [0.1, 0.15) is 23.7 Å². The van der Waals surface area contributed by atoms with Crippen molar-refractivity contribution >= 4 is 40.4 Å². The number of fused-ring (bicyclic) bond motifs is 2. The highest BCUT2D eigenvalue weighted by atomic mass is 16.5. The molecule has 0 aliphatic carbocycles. The van der Waals surface area contributed by atoms with Crippen LogP contribution in [0.5, 0.6) is 0 Å². The fourth-order valence-corrected chi connectivity index (χ4v) is 6.12. The molecule has 2 aliphatic heterocycles. The number of benzene rings is 2. The molecule has 0 spiro atoms. The standard InChI is InChI=1S/C34H42N6O7/c1-34(2,47-3)33(46)39-14-13-35-30(43)26(15-21-9-5-4-6-10-21)38-31(44)28-17-23(41)19-40(28)32(45)27(37-29(42)20-39)16-22-18-36-25-12-8-7-11-24(22)25/h4-12,18,23,26-28,36,41H,13-17,19-20H2,1-3H3,(H,35,43)(H,37,42)(H,38,44)/t23-,26+,27-,28+/m1/s1. The highest BCUT2D eigenvalue weighted by molar-refractivity contribution is 5.96. The van der Waals surface area contributed by atoms with Gasteiger partial charge in [0.05, 0.1) is 12.6 Å². The topological polar surface area (TPSA) is 173 Å². The molecule has 5 rings (SSSR count). The van der Waals surface area contributed by atoms with Crippen molar-refractivity contribution < 1.29 is 33.8 Å². The minimum Gasteiger partial charge on any atom is -0.391 e. The lowest BCUT2D eigenvalue weighted by Gasteiger charge is -2.31. The highest BCUT2D eigenvalue weighted by Gasteiger charge is 2.43. The van der Waals surface area contributed by atoms with Crippen LogP contribution < -0.4 is 16.0 Å². The Morgan fingerprint density at radius 2 is 1.68 bits per heavy atom. The van der Waals surface area contributed by atoms with Crippen LogP contribution in [0.2, 0.25) is 0 Å². The normalized spacial score (nSPS) is 23.4. The molecule has 5 N–H and O–H groups in total. The second kappa shape index (κ2) is 14.3. The summed E-state index contributed by atoms with van der Waals surface area (Å²) < 4.78 is 5.39. The molecular weight excluding hydrogens is 604 g/mol. The van der Waals surface area contributed by atoms with Crippen molar-refractivity contribution in [1.29, 1.82) is 0 Å². The number of hydrogen-bond donors (Lipinski definition) is 5. The highest BCUT2D eigenvalue weighted by Crippen LogP contribution is 2.24. The molecule has 0 unspecified atom stereocenters. The van der Waals surface area contributed by atoms with Crippen molar-refractivity contribution in [3.8, 4) is 0 Å². The average molecular weight is 647 g/mol. The minimum absolute atomic E-state index is 0.00915. The summed E-state index contributed by atoms with van der Waals surface area (Å²) in [6, 6.07) is 13.5. The fourth-order valence-electron chi connectivity index (χ4n) is 6.12. The van der Waals surface area contributed by atoms with Gasteiger partial charge in [0.2, 0.25) is 23.6 Å². The van der Waals surface area contributed by atoms with Crippen LogP contribution in [0.25, 0.3) is 10.9 Å². The zero-order valence-electron chi connectivity index (χ0n) is 26.8. The van der Waals surface area contributed by atoms with Gasteiger partial charge in [-0.15, -0.1) is 0 Å². The molecule has 2 fully saturated rings. The summed E-state index contributed by atoms with van der Waals surface area (Å²) in [4.78, 5) is 74.3. The Morgan fingerprint density at radius 3 is 2.43 bits per heavy atom. The van der Waals surface area contributed by atoms with Crippen molar-refractivity contribution in [2.75, 3.05) is 33.3 Å². The molecule has 5 amide bonds. The Hall–Kier alpha value is -4.75. The first-order valence-electron chi connectivity index (χ1n) is 15.8. The molecule has 0 saturated carbocycles. The molecule has 250 valence electrons. The molecule has 2 saturated heterocycles. The summed E-state index contributed by atoms with van der Waals surface area (Å²) in [5.41, 5.74) is 1.16. The lowest BCUT2D eigenvalue weighted by Crippen LogP contribution is -2.57. The number of hydrogen-bond acceptors (Lipinski definition) is 7. The third kappa shape index (κ3) is 7.80. The van der Waals surface area contributed by atoms with Gasteiger partial charge < -0.3 is 40.6 Å². The largest absolute Gasteiger partial charge is 0.391 e. The summed E-state index contributed by atoms with van der Waals surface area (Å²) in [5, 5.41) is 19.9. The maximum Gasteiger partial charge on any atom is 0.254 e. The van der Waals surface area contributed by atoms with E-state index >= 15 is 0 Å². The van der Waals surface area contributed by atoms with Gasteiger partial charge in [-0.2, -0.15) is 0 Å². The Bertz CT molecular complexity index is 1620. The number of para-hydroxylation sites is 1. The molecule has 2 aromatic carbocycles. The summed E-state index contributed by atoms with van der Waals surface area (Å²) in [5.74, 6) is -2.72. The van der Waals surface area contributed by atoms with E-state index in [9.17, 15) is 29.1 Å². The molecule has 13 nitrogen and oxygen atoms in total. The minimum atomic E-state index is -1.27. The zero-order chi connectivity index (χ0) is 33.7. The number of carbonyl (C=O) groups is 5. The van der Waals surface area contributed by atoms with Gasteiger partial charge in [0.25, 0.3) is 5.91 Å². The summed E-state index contributed by atoms with van der Waals surface area (Å²) in [7, 11) is 1.39. The van der Waals surface area contributed by atoms with Crippen molar-refractivity contribution in [2.45, 2.75) is 62.9 Å². The van der Waals surface area contributed by atoms with E-state index in [4.69, 9.17) is 4.74 Å². The van der Waals surface area contributed by atoms with E-state index in [1.54, 1.807) is 20.0 Å². The number of aromatic amines is 1. The van der Waals surface area contributed by atoms with E-state index in [-0.39, 0.29) is 38.9 Å². The lowest BCUT2D eigenvalue weighted by molar-refractivity contribution is -0.153. The number of nitrogens with one attached hydrogen (secondary N) is 4. The molecule has 3 aromatic rings. The Balaban J connectivity index is 1.50. The van der Waals surface area contributed by atoms with E-state index in [1.807, 2.05) is 54.6 Å². The molecule has 13 heteroatoms. The molecule has 0 radical (unpaired) electrons. The predicted molar refractivity (Wildman–Crippen MR) is 173 cm³/mol. The number of aromatic nitrogens is 1. The van der Waals surface area contributed by atoms with Gasteiger partial charge in [0, 0.05) is 63.1 Å². The van der Waals surface area contributed by atoms with Gasteiger partial charge in [-0.1, -0.05) is 48.5 Å². The van der Waals surface area contributed by atoms with Gasteiger partial charge in [-0.25, -0.2) is 0 Å². The SMILES string of the molecule is COC(C)(C)C(=O)N1CCNC(=O)[C@H](Cc2ccccc2)NC(=O)[C@@H]2C[C@@H](O)CN2C(=O)[C@@H](Cc2c[nH]c3ccccc23)NC(=O)C1. The molecule has 47 heavy (non-hydrogen) atoms. The maximum absolute atomic E-state index is 14.3. The van der Waals surface area contributed by atoms with Crippen molar-refractivity contribution in [1.82, 2.24) is 30.7 Å². The number of nitrogens with zero attached hydrogens (tertiary/aromatic N) is 2. The van der Waals surface area contributed by atoms with Crippen molar-refractivity contribution in [3.05, 3.63) is 71.9 Å². The molecule has 1 aromatic heterocycles. The number of carbonyl (C=O) groups excluding carboxylic acids is 5. The van der Waals surface area contributed by atoms with E-state index in [2.05, 4.69) is 20.9 Å². The van der Waals surface area contributed by atoms with Crippen LogP contribution in [0.3, 0.4) is 0 Å². The third-order valence-corrected chi connectivity index (χ3v) is 8.84. The summed E-state index contributed by atoms with van der Waals surface area (Å²) in [6.45, 7) is 2.59. The molecular formula is C34H42N6O7. The van der Waals surface area contributed by atoms with Crippen LogP contribution >= 0.6 is 0 Å². The number of H-pyrrole nitrogens is 1. The number of rotatable bonds is 6. The monoisotopic (exact) mass is 646 g/mol. The smallest absolute Gasteiger partial charge is 0.254 e. The first kappa shape index (κ1) is 33.6. The molecule has 0 bridgehead atoms. The number of ether oxygens (including phenoxy) is 1. The Labute approximate surface area is 273 Å². The zero-order valence-corrected chi connectivity index (χ0v) is 26.8. The van der Waals surface area contributed by atoms with E-state index in [0.29, 0.717) is 0 Å². The van der Waals surface area contributed by atoms with Crippen LogP contribution in [-0.4, -0.2) is 113 Å². The molecule has 3 heterocycles. The van der Waals surface area contributed by atoms with Gasteiger partial charge in [0.15, 0.2) is 0 Å². The second-order valence-corrected chi connectivity index (χ2v) is 12.6. The number of aliphatic hydroxyl groups excluding tert-OH is 1. The van der Waals surface area contributed by atoms with Crippen LogP contribution in [0.1, 0.15) is 31.4 Å². The maximum atomic E-state index is 14.3. The number of aliphatic hydroxyl groups is 1. The summed E-state index contributed by atoms with van der Waals surface area (Å²) in [6.07, 6.45) is 1.02. The molecule has 4 atom stereocenters. The quantitative estimate of drug-likeness (QED) is 0.256. The second-order valence-electron chi connectivity index (χ2n) is 12.6. The van der Waals surface area contributed by atoms with Crippen molar-refractivity contribution in [2.24, 2.45) is 0 Å². The predicted octanol–water partition coefficient (Wildman–Crippen LogP) is 0.268. The van der Waals surface area contributed by atoms with E-state index < -0.39 is 65.9 Å². The fraction of sp³-hybridized carbons (Fsp3) is 0.441. The Morgan fingerprint density at radius 1 is 0.957 bits per heavy atom. The summed E-state index contributed by atoms with van der Waals surface area (Å²) >= 11 is 0.